The van der Waals surface area contributed by atoms with Crippen LogP contribution in [0.4, 0.5) is 4.39 Å². The molecule has 1 unspecified atom stereocenters. The summed E-state index contributed by atoms with van der Waals surface area (Å²) in [6, 6.07) is 16.7. The molecule has 4 rings (SSSR count). The van der Waals surface area contributed by atoms with Crippen molar-refractivity contribution in [3.63, 3.8) is 0 Å². The van der Waals surface area contributed by atoms with E-state index in [9.17, 15) is 19.4 Å². The summed E-state index contributed by atoms with van der Waals surface area (Å²) >= 11 is 0. The van der Waals surface area contributed by atoms with Gasteiger partial charge in [-0.15, -0.1) is 0 Å². The molecule has 0 spiro atoms. The van der Waals surface area contributed by atoms with Gasteiger partial charge in [-0.2, -0.15) is 0 Å². The summed E-state index contributed by atoms with van der Waals surface area (Å²) in [5.41, 5.74) is 1.12. The smallest absolute Gasteiger partial charge is 0.254 e. The molecule has 1 aliphatic heterocycles. The van der Waals surface area contributed by atoms with Crippen molar-refractivity contribution in [2.24, 2.45) is 5.41 Å². The molecule has 3 aromatic carbocycles. The van der Waals surface area contributed by atoms with Crippen LogP contribution in [-0.2, 0) is 6.42 Å². The van der Waals surface area contributed by atoms with Gasteiger partial charge in [0.05, 0.1) is 6.61 Å². The van der Waals surface area contributed by atoms with Crippen LogP contribution < -0.4 is 0 Å². The highest BCUT2D eigenvalue weighted by atomic mass is 19.1. The Bertz CT molecular complexity index is 1020. The second-order valence-electron chi connectivity index (χ2n) is 7.65. The summed E-state index contributed by atoms with van der Waals surface area (Å²) in [5, 5.41) is 21.4. The van der Waals surface area contributed by atoms with Crippen LogP contribution in [-0.4, -0.2) is 40.7 Å². The number of nitrogens with zero attached hydrogens (tertiary/aromatic N) is 1. The molecule has 144 valence electrons. The summed E-state index contributed by atoms with van der Waals surface area (Å²) in [5.74, 6) is -0.199. The lowest BCUT2D eigenvalue weighted by molar-refractivity contribution is 0.0741. The fraction of sp³-hybridized carbons (Fsp3) is 0.261. The molecule has 5 heteroatoms. The van der Waals surface area contributed by atoms with E-state index in [-0.39, 0.29) is 24.1 Å². The molecule has 4 nitrogen and oxygen atoms in total. The van der Waals surface area contributed by atoms with Crippen molar-refractivity contribution in [1.29, 1.82) is 0 Å². The number of carbonyl (C=O) groups excluding carboxylic acids is 1. The molecular weight excluding hydrogens is 357 g/mol. The third-order valence-electron chi connectivity index (χ3n) is 5.65. The van der Waals surface area contributed by atoms with Gasteiger partial charge in [0.1, 0.15) is 11.6 Å². The van der Waals surface area contributed by atoms with Crippen LogP contribution in [0.3, 0.4) is 0 Å². The average Bonchev–Trinajstić information content (AvgIpc) is 3.13. The van der Waals surface area contributed by atoms with Gasteiger partial charge in [0.15, 0.2) is 0 Å². The summed E-state index contributed by atoms with van der Waals surface area (Å²) < 4.78 is 13.2. The first-order valence-electron chi connectivity index (χ1n) is 9.36. The molecule has 0 aromatic heterocycles. The largest absolute Gasteiger partial charge is 0.508 e. The Labute approximate surface area is 162 Å². The van der Waals surface area contributed by atoms with E-state index in [0.717, 1.165) is 16.3 Å². The quantitative estimate of drug-likeness (QED) is 0.726. The number of aliphatic hydroxyl groups is 1. The number of phenolic OH excluding ortho intramolecular Hbond substituents is 1. The predicted molar refractivity (Wildman–Crippen MR) is 106 cm³/mol. The minimum absolute atomic E-state index is 0.0302. The van der Waals surface area contributed by atoms with E-state index in [4.69, 9.17) is 0 Å². The maximum atomic E-state index is 13.2. The molecule has 1 atom stereocenters. The number of fused-ring (bicyclic) bond motifs is 1. The van der Waals surface area contributed by atoms with E-state index in [2.05, 4.69) is 0 Å². The van der Waals surface area contributed by atoms with Crippen molar-refractivity contribution in [3.05, 3.63) is 77.6 Å². The summed E-state index contributed by atoms with van der Waals surface area (Å²) in [6.45, 7) is 0.987. The number of benzene rings is 3. The van der Waals surface area contributed by atoms with Crippen LogP contribution >= 0.6 is 0 Å². The number of halogens is 1. The van der Waals surface area contributed by atoms with Gasteiger partial charge in [0.25, 0.3) is 5.91 Å². The predicted octanol–water partition coefficient (Wildman–Crippen LogP) is 3.75. The van der Waals surface area contributed by atoms with Crippen LogP contribution in [0.1, 0.15) is 22.3 Å². The van der Waals surface area contributed by atoms with E-state index in [1.165, 1.54) is 12.1 Å². The number of aromatic hydroxyl groups is 1. The maximum Gasteiger partial charge on any atom is 0.254 e. The minimum atomic E-state index is -0.420. The van der Waals surface area contributed by atoms with Gasteiger partial charge in [-0.1, -0.05) is 24.3 Å². The Morgan fingerprint density at radius 1 is 1.11 bits per heavy atom. The van der Waals surface area contributed by atoms with E-state index < -0.39 is 5.41 Å². The molecule has 1 saturated heterocycles. The van der Waals surface area contributed by atoms with Crippen molar-refractivity contribution in [1.82, 2.24) is 4.90 Å². The number of carbonyl (C=O) groups is 1. The highest BCUT2D eigenvalue weighted by Crippen LogP contribution is 2.35. The highest BCUT2D eigenvalue weighted by Gasteiger charge is 2.40. The van der Waals surface area contributed by atoms with Crippen LogP contribution in [0.25, 0.3) is 10.8 Å². The molecule has 1 aliphatic rings. The minimum Gasteiger partial charge on any atom is -0.508 e. The Kier molecular flexibility index (Phi) is 4.77. The van der Waals surface area contributed by atoms with Gasteiger partial charge in [0.2, 0.25) is 0 Å². The third-order valence-corrected chi connectivity index (χ3v) is 5.65. The number of hydrogen-bond acceptors (Lipinski definition) is 3. The number of amides is 1. The molecule has 0 bridgehead atoms. The fourth-order valence-electron chi connectivity index (χ4n) is 4.10. The first kappa shape index (κ1) is 18.4. The first-order chi connectivity index (χ1) is 13.5. The Morgan fingerprint density at radius 3 is 2.64 bits per heavy atom. The van der Waals surface area contributed by atoms with Crippen LogP contribution in [0.5, 0.6) is 5.75 Å². The van der Waals surface area contributed by atoms with Crippen molar-refractivity contribution in [2.75, 3.05) is 19.7 Å². The van der Waals surface area contributed by atoms with Crippen LogP contribution in [0.2, 0.25) is 0 Å². The molecule has 1 amide bonds. The standard InChI is InChI=1S/C23H22FNO3/c24-18-6-4-16(5-7-18)13-23(15-26)10-11-25(14-23)22(28)21-3-1-2-17-12-19(27)8-9-20(17)21/h1-9,12,26-27H,10-11,13-15H2. The first-order valence-corrected chi connectivity index (χ1v) is 9.36. The van der Waals surface area contributed by atoms with Gasteiger partial charge in [-0.05, 0) is 65.6 Å². The Balaban J connectivity index is 1.57. The third kappa shape index (κ3) is 3.45. The lowest BCUT2D eigenvalue weighted by Crippen LogP contribution is -2.35. The molecule has 0 radical (unpaired) electrons. The summed E-state index contributed by atoms with van der Waals surface area (Å²) in [4.78, 5) is 15.0. The van der Waals surface area contributed by atoms with Crippen molar-refractivity contribution >= 4 is 16.7 Å². The zero-order valence-corrected chi connectivity index (χ0v) is 15.4. The number of aliphatic hydroxyl groups excluding tert-OH is 1. The molecule has 2 N–H and O–H groups in total. The lowest BCUT2D eigenvalue weighted by Gasteiger charge is -2.27. The van der Waals surface area contributed by atoms with Crippen LogP contribution in [0, 0.1) is 11.2 Å². The molecular formula is C23H22FNO3. The second kappa shape index (κ2) is 7.24. The van der Waals surface area contributed by atoms with Gasteiger partial charge in [-0.25, -0.2) is 4.39 Å². The summed E-state index contributed by atoms with van der Waals surface area (Å²) in [7, 11) is 0. The van der Waals surface area contributed by atoms with Crippen molar-refractivity contribution in [3.8, 4) is 5.75 Å². The maximum absolute atomic E-state index is 13.2. The van der Waals surface area contributed by atoms with Gasteiger partial charge in [0, 0.05) is 24.1 Å². The number of rotatable bonds is 4. The topological polar surface area (TPSA) is 60.8 Å². The number of likely N-dealkylation sites (tertiary alicyclic amines) is 1. The summed E-state index contributed by atoms with van der Waals surface area (Å²) in [6.07, 6.45) is 1.29. The van der Waals surface area contributed by atoms with Crippen LogP contribution in [0.15, 0.2) is 60.7 Å². The van der Waals surface area contributed by atoms with Gasteiger partial charge in [-0.3, -0.25) is 4.79 Å². The Morgan fingerprint density at radius 2 is 1.89 bits per heavy atom. The zero-order valence-electron chi connectivity index (χ0n) is 15.4. The van der Waals surface area contributed by atoms with Crippen molar-refractivity contribution in [2.45, 2.75) is 12.8 Å². The Hall–Kier alpha value is -2.92. The lowest BCUT2D eigenvalue weighted by atomic mass is 9.81. The average molecular weight is 379 g/mol. The molecule has 28 heavy (non-hydrogen) atoms. The van der Waals surface area contributed by atoms with E-state index in [0.29, 0.717) is 31.5 Å². The van der Waals surface area contributed by atoms with E-state index in [1.54, 1.807) is 41.3 Å². The molecule has 0 aliphatic carbocycles. The number of phenols is 1. The molecule has 0 saturated carbocycles. The zero-order chi connectivity index (χ0) is 19.7. The van der Waals surface area contributed by atoms with E-state index >= 15 is 0 Å². The highest BCUT2D eigenvalue weighted by molar-refractivity contribution is 6.07. The monoisotopic (exact) mass is 379 g/mol. The number of hydrogen-bond donors (Lipinski definition) is 2. The second-order valence-corrected chi connectivity index (χ2v) is 7.65. The van der Waals surface area contributed by atoms with Crippen molar-refractivity contribution < 1.29 is 19.4 Å². The van der Waals surface area contributed by atoms with Gasteiger partial charge < -0.3 is 15.1 Å². The SMILES string of the molecule is O=C(c1cccc2cc(O)ccc12)N1CCC(CO)(Cc2ccc(F)cc2)C1. The normalized spacial score (nSPS) is 19.3. The molecule has 1 heterocycles. The molecule has 1 fully saturated rings. The van der Waals surface area contributed by atoms with E-state index in [1.807, 2.05) is 12.1 Å². The van der Waals surface area contributed by atoms with Gasteiger partial charge >= 0.3 is 0 Å². The molecule has 3 aromatic rings. The fourth-order valence-corrected chi connectivity index (χ4v) is 4.10.